The number of rotatable bonds is 7. The van der Waals surface area contributed by atoms with Gasteiger partial charge in [0.05, 0.1) is 12.0 Å². The predicted octanol–water partition coefficient (Wildman–Crippen LogP) is 3.35. The molecule has 28 heavy (non-hydrogen) atoms. The Labute approximate surface area is 168 Å². The number of nitrogens with one attached hydrogen (secondary N) is 1. The molecule has 0 atom stereocenters. The van der Waals surface area contributed by atoms with E-state index in [-0.39, 0.29) is 0 Å². The van der Waals surface area contributed by atoms with Crippen LogP contribution in [0, 0.1) is 20.8 Å². The van der Waals surface area contributed by atoms with Crippen LogP contribution >= 0.6 is 0 Å². The number of hydrogen-bond donors (Lipinski definition) is 1. The molecule has 0 saturated heterocycles. The van der Waals surface area contributed by atoms with Crippen molar-refractivity contribution in [1.82, 2.24) is 9.62 Å². The summed E-state index contributed by atoms with van der Waals surface area (Å²) in [7, 11) is -1.94. The Balaban J connectivity index is 1.59. The van der Waals surface area contributed by atoms with E-state index >= 15 is 0 Å². The number of fused-ring (bicyclic) bond motifs is 1. The Morgan fingerprint density at radius 3 is 2.54 bits per heavy atom. The molecule has 2 aromatic carbocycles. The first-order valence-electron chi connectivity index (χ1n) is 9.77. The van der Waals surface area contributed by atoms with Gasteiger partial charge in [0.25, 0.3) is 0 Å². The van der Waals surface area contributed by atoms with E-state index in [1.54, 1.807) is 13.2 Å². The van der Waals surface area contributed by atoms with Gasteiger partial charge in [-0.15, -0.1) is 0 Å². The highest BCUT2D eigenvalue weighted by atomic mass is 32.2. The highest BCUT2D eigenvalue weighted by Crippen LogP contribution is 2.30. The highest BCUT2D eigenvalue weighted by Gasteiger charge is 2.22. The van der Waals surface area contributed by atoms with E-state index in [4.69, 9.17) is 4.74 Å². The second-order valence-corrected chi connectivity index (χ2v) is 9.22. The summed E-state index contributed by atoms with van der Waals surface area (Å²) in [6, 6.07) is 10.3. The molecule has 1 aliphatic heterocycles. The molecule has 6 heteroatoms. The monoisotopic (exact) mass is 402 g/mol. The van der Waals surface area contributed by atoms with Crippen LogP contribution in [0.4, 0.5) is 0 Å². The first kappa shape index (κ1) is 20.8. The molecule has 1 heterocycles. The summed E-state index contributed by atoms with van der Waals surface area (Å²) < 4.78 is 33.9. The number of benzene rings is 2. The van der Waals surface area contributed by atoms with Crippen LogP contribution in [0.1, 0.15) is 34.2 Å². The van der Waals surface area contributed by atoms with Crippen molar-refractivity contribution >= 4 is 10.0 Å². The maximum atomic E-state index is 12.9. The Morgan fingerprint density at radius 1 is 1.11 bits per heavy atom. The number of methoxy groups -OCH3 is 1. The molecule has 1 N–H and O–H groups in total. The molecule has 3 rings (SSSR count). The predicted molar refractivity (Wildman–Crippen MR) is 112 cm³/mol. The van der Waals surface area contributed by atoms with E-state index < -0.39 is 10.0 Å². The van der Waals surface area contributed by atoms with Gasteiger partial charge in [0.15, 0.2) is 0 Å². The van der Waals surface area contributed by atoms with Crippen LogP contribution in [0.5, 0.6) is 5.75 Å². The Hall–Kier alpha value is -1.89. The van der Waals surface area contributed by atoms with Crippen LogP contribution in [-0.2, 0) is 23.0 Å². The summed E-state index contributed by atoms with van der Waals surface area (Å²) >= 11 is 0. The lowest BCUT2D eigenvalue weighted by atomic mass is 10.00. The fourth-order valence-corrected chi connectivity index (χ4v) is 5.57. The molecule has 0 aromatic heterocycles. The third-order valence-corrected chi connectivity index (χ3v) is 7.37. The van der Waals surface area contributed by atoms with Crippen molar-refractivity contribution in [3.63, 3.8) is 0 Å². The summed E-state index contributed by atoms with van der Waals surface area (Å²) in [5, 5.41) is 0. The molecule has 0 saturated carbocycles. The number of ether oxygens (including phenoxy) is 1. The maximum absolute atomic E-state index is 12.9. The van der Waals surface area contributed by atoms with Crippen LogP contribution in [0.3, 0.4) is 0 Å². The third-order valence-electron chi connectivity index (χ3n) is 5.62. The first-order chi connectivity index (χ1) is 13.3. The van der Waals surface area contributed by atoms with Crippen molar-refractivity contribution in [1.29, 1.82) is 0 Å². The number of hydrogen-bond acceptors (Lipinski definition) is 4. The zero-order chi connectivity index (χ0) is 20.3. The zero-order valence-corrected chi connectivity index (χ0v) is 18.0. The summed E-state index contributed by atoms with van der Waals surface area (Å²) in [6.45, 7) is 8.83. The maximum Gasteiger partial charge on any atom is 0.241 e. The van der Waals surface area contributed by atoms with E-state index in [1.165, 1.54) is 11.1 Å². The largest absolute Gasteiger partial charge is 0.496 e. The molecule has 1 aliphatic rings. The van der Waals surface area contributed by atoms with E-state index in [1.807, 2.05) is 20.8 Å². The van der Waals surface area contributed by atoms with E-state index in [9.17, 15) is 8.42 Å². The van der Waals surface area contributed by atoms with Crippen LogP contribution < -0.4 is 9.46 Å². The molecule has 0 aliphatic carbocycles. The van der Waals surface area contributed by atoms with Crippen molar-refractivity contribution in [2.24, 2.45) is 0 Å². The molecule has 0 unspecified atom stereocenters. The average molecular weight is 403 g/mol. The number of nitrogens with zero attached hydrogens (tertiary/aromatic N) is 1. The van der Waals surface area contributed by atoms with Gasteiger partial charge in [0.1, 0.15) is 5.75 Å². The van der Waals surface area contributed by atoms with Gasteiger partial charge in [-0.1, -0.05) is 24.3 Å². The van der Waals surface area contributed by atoms with E-state index in [0.29, 0.717) is 17.0 Å². The molecule has 0 spiro atoms. The van der Waals surface area contributed by atoms with Crippen molar-refractivity contribution in [2.75, 3.05) is 26.7 Å². The van der Waals surface area contributed by atoms with Gasteiger partial charge in [-0.3, -0.25) is 4.90 Å². The fourth-order valence-electron chi connectivity index (χ4n) is 3.97. The van der Waals surface area contributed by atoms with Crippen LogP contribution in [-0.4, -0.2) is 40.1 Å². The van der Waals surface area contributed by atoms with Crippen molar-refractivity contribution in [3.8, 4) is 5.75 Å². The van der Waals surface area contributed by atoms with Crippen LogP contribution in [0.25, 0.3) is 0 Å². The van der Waals surface area contributed by atoms with Crippen molar-refractivity contribution in [3.05, 3.63) is 58.1 Å². The first-order valence-corrected chi connectivity index (χ1v) is 11.3. The molecule has 2 aromatic rings. The molecule has 0 radical (unpaired) electrons. The topological polar surface area (TPSA) is 58.6 Å². The molecule has 152 valence electrons. The van der Waals surface area contributed by atoms with Crippen molar-refractivity contribution < 1.29 is 13.2 Å². The summed E-state index contributed by atoms with van der Waals surface area (Å²) in [5.74, 6) is 0.722. The average Bonchev–Trinajstić information content (AvgIpc) is 2.67. The van der Waals surface area contributed by atoms with Gasteiger partial charge < -0.3 is 4.74 Å². The lowest BCUT2D eigenvalue weighted by molar-refractivity contribution is 0.251. The van der Waals surface area contributed by atoms with Gasteiger partial charge in [-0.05, 0) is 74.0 Å². The quantitative estimate of drug-likeness (QED) is 0.722. The van der Waals surface area contributed by atoms with Gasteiger partial charge >= 0.3 is 0 Å². The minimum atomic E-state index is -3.54. The number of aryl methyl sites for hydroxylation is 1. The molecule has 5 nitrogen and oxygen atoms in total. The Kier molecular flexibility index (Phi) is 6.43. The molecule has 0 bridgehead atoms. The molecule has 0 fully saturated rings. The van der Waals surface area contributed by atoms with Gasteiger partial charge in [0.2, 0.25) is 10.0 Å². The second-order valence-electron chi connectivity index (χ2n) is 7.52. The minimum Gasteiger partial charge on any atom is -0.496 e. The van der Waals surface area contributed by atoms with Crippen LogP contribution in [0.15, 0.2) is 35.2 Å². The Bertz CT molecular complexity index is 954. The van der Waals surface area contributed by atoms with Crippen LogP contribution in [0.2, 0.25) is 0 Å². The minimum absolute atomic E-state index is 0.373. The third kappa shape index (κ3) is 4.40. The SMILES string of the molecule is COc1cc(C)c(S(=O)(=O)NCCCN2CCc3ccccc3C2)c(C)c1C. The summed E-state index contributed by atoms with van der Waals surface area (Å²) in [5.41, 5.74) is 5.13. The number of sulfonamides is 1. The standard InChI is InChI=1S/C22H30N2O3S/c1-16-14-21(27-4)17(2)18(3)22(16)28(25,26)23-11-7-12-24-13-10-19-8-5-6-9-20(19)15-24/h5-6,8-9,14,23H,7,10-13,15H2,1-4H3. The lowest BCUT2D eigenvalue weighted by Gasteiger charge is -2.28. The second kappa shape index (κ2) is 8.64. The smallest absolute Gasteiger partial charge is 0.241 e. The van der Waals surface area contributed by atoms with E-state index in [0.717, 1.165) is 49.4 Å². The highest BCUT2D eigenvalue weighted by molar-refractivity contribution is 7.89. The molecule has 0 amide bonds. The van der Waals surface area contributed by atoms with Gasteiger partial charge in [-0.25, -0.2) is 13.1 Å². The molecular weight excluding hydrogens is 372 g/mol. The summed E-state index contributed by atoms with van der Waals surface area (Å²) in [4.78, 5) is 2.77. The summed E-state index contributed by atoms with van der Waals surface area (Å²) in [6.07, 6.45) is 1.85. The van der Waals surface area contributed by atoms with Gasteiger partial charge in [-0.2, -0.15) is 0 Å². The van der Waals surface area contributed by atoms with E-state index in [2.05, 4.69) is 33.9 Å². The molecular formula is C22H30N2O3S. The lowest BCUT2D eigenvalue weighted by Crippen LogP contribution is -2.34. The van der Waals surface area contributed by atoms with Crippen molar-refractivity contribution in [2.45, 2.75) is 45.1 Å². The normalized spacial score (nSPS) is 14.7. The Morgan fingerprint density at radius 2 is 1.82 bits per heavy atom. The fraction of sp³-hybridized carbons (Fsp3) is 0.455. The zero-order valence-electron chi connectivity index (χ0n) is 17.2. The van der Waals surface area contributed by atoms with Gasteiger partial charge in [0, 0.05) is 19.6 Å².